The maximum Gasteiger partial charge on any atom is 0.281 e. The molecule has 0 spiro atoms. The fourth-order valence-electron chi connectivity index (χ4n) is 1.19. The van der Waals surface area contributed by atoms with Crippen LogP contribution in [-0.2, 0) is 9.63 Å². The van der Waals surface area contributed by atoms with E-state index in [2.05, 4.69) is 5.48 Å². The quantitative estimate of drug-likeness (QED) is 0.836. The number of aryl methyl sites for hydroxylation is 2. The van der Waals surface area contributed by atoms with Crippen molar-refractivity contribution in [3.63, 3.8) is 0 Å². The first-order valence-electron chi connectivity index (χ1n) is 5.95. The molecule has 0 aromatic heterocycles. The van der Waals surface area contributed by atoms with Crippen LogP contribution in [-0.4, -0.2) is 18.1 Å². The largest absolute Gasteiger partial charge is 0.484 e. The van der Waals surface area contributed by atoms with Gasteiger partial charge in [0.1, 0.15) is 5.75 Å². The standard InChI is InChI=1S/C14H21NO3/c1-10-6-7-12(8-11(10)2)17-9-13(16)15-18-14(3,4)5/h6-8H,9H2,1-5H3,(H,15,16). The molecule has 0 unspecified atom stereocenters. The van der Waals surface area contributed by atoms with Crippen LogP contribution in [0.5, 0.6) is 5.75 Å². The second-order valence-corrected chi connectivity index (χ2v) is 5.27. The van der Waals surface area contributed by atoms with Gasteiger partial charge >= 0.3 is 0 Å². The molecule has 0 atom stereocenters. The lowest BCUT2D eigenvalue weighted by Crippen LogP contribution is -2.36. The Kier molecular flexibility index (Phi) is 4.73. The summed E-state index contributed by atoms with van der Waals surface area (Å²) in [6.07, 6.45) is 0. The Labute approximate surface area is 108 Å². The van der Waals surface area contributed by atoms with Crippen LogP contribution in [0.25, 0.3) is 0 Å². The first kappa shape index (κ1) is 14.5. The Bertz CT molecular complexity index is 422. The van der Waals surface area contributed by atoms with Crippen LogP contribution in [0.1, 0.15) is 31.9 Å². The molecule has 0 bridgehead atoms. The molecular weight excluding hydrogens is 230 g/mol. The summed E-state index contributed by atoms with van der Waals surface area (Å²) in [6.45, 7) is 9.55. The number of carbonyl (C=O) groups is 1. The summed E-state index contributed by atoms with van der Waals surface area (Å²) < 4.78 is 5.38. The minimum absolute atomic E-state index is 0.0570. The zero-order chi connectivity index (χ0) is 13.8. The molecule has 1 amide bonds. The molecule has 4 nitrogen and oxygen atoms in total. The predicted octanol–water partition coefficient (Wildman–Crippen LogP) is 2.53. The maximum atomic E-state index is 11.5. The Hall–Kier alpha value is -1.55. The number of rotatable bonds is 4. The van der Waals surface area contributed by atoms with Crippen LogP contribution in [0.4, 0.5) is 0 Å². The highest BCUT2D eigenvalue weighted by molar-refractivity contribution is 5.76. The highest BCUT2D eigenvalue weighted by Crippen LogP contribution is 2.16. The number of hydrogen-bond acceptors (Lipinski definition) is 3. The molecule has 18 heavy (non-hydrogen) atoms. The van der Waals surface area contributed by atoms with Gasteiger partial charge in [0.2, 0.25) is 0 Å². The molecule has 0 fully saturated rings. The lowest BCUT2D eigenvalue weighted by molar-refractivity contribution is -0.147. The summed E-state index contributed by atoms with van der Waals surface area (Å²) in [5.41, 5.74) is 4.28. The van der Waals surface area contributed by atoms with Gasteiger partial charge in [-0.2, -0.15) is 0 Å². The Morgan fingerprint density at radius 2 is 1.89 bits per heavy atom. The fraction of sp³-hybridized carbons (Fsp3) is 0.500. The fourth-order valence-corrected chi connectivity index (χ4v) is 1.19. The molecule has 0 aliphatic carbocycles. The Balaban J connectivity index is 2.40. The van der Waals surface area contributed by atoms with Crippen molar-refractivity contribution >= 4 is 5.91 Å². The summed E-state index contributed by atoms with van der Waals surface area (Å²) >= 11 is 0. The molecule has 1 N–H and O–H groups in total. The minimum atomic E-state index is -0.407. The van der Waals surface area contributed by atoms with Crippen molar-refractivity contribution in [3.8, 4) is 5.75 Å². The number of benzene rings is 1. The van der Waals surface area contributed by atoms with E-state index in [9.17, 15) is 4.79 Å². The highest BCUT2D eigenvalue weighted by Gasteiger charge is 2.13. The molecule has 0 saturated heterocycles. The molecule has 0 heterocycles. The number of hydrogen-bond donors (Lipinski definition) is 1. The molecule has 0 saturated carbocycles. The average Bonchev–Trinajstić information content (AvgIpc) is 2.27. The third-order valence-corrected chi connectivity index (χ3v) is 2.32. The smallest absolute Gasteiger partial charge is 0.281 e. The lowest BCUT2D eigenvalue weighted by Gasteiger charge is -2.19. The summed E-state index contributed by atoms with van der Waals surface area (Å²) in [4.78, 5) is 16.6. The number of carbonyl (C=O) groups excluding carboxylic acids is 1. The average molecular weight is 251 g/mol. The Morgan fingerprint density at radius 3 is 2.44 bits per heavy atom. The van der Waals surface area contributed by atoms with Crippen molar-refractivity contribution in [1.29, 1.82) is 0 Å². The van der Waals surface area contributed by atoms with E-state index >= 15 is 0 Å². The van der Waals surface area contributed by atoms with E-state index in [0.29, 0.717) is 5.75 Å². The van der Waals surface area contributed by atoms with Crippen LogP contribution in [0.3, 0.4) is 0 Å². The second kappa shape index (κ2) is 5.87. The van der Waals surface area contributed by atoms with E-state index < -0.39 is 5.60 Å². The molecule has 1 aromatic rings. The van der Waals surface area contributed by atoms with Gasteiger partial charge in [-0.1, -0.05) is 6.07 Å². The van der Waals surface area contributed by atoms with Crippen molar-refractivity contribution in [2.75, 3.05) is 6.61 Å². The molecule has 4 heteroatoms. The third-order valence-electron chi connectivity index (χ3n) is 2.32. The first-order chi connectivity index (χ1) is 8.28. The van der Waals surface area contributed by atoms with E-state index in [1.165, 1.54) is 5.56 Å². The SMILES string of the molecule is Cc1ccc(OCC(=O)NOC(C)(C)C)cc1C. The van der Waals surface area contributed by atoms with Gasteiger partial charge in [-0.25, -0.2) is 5.48 Å². The molecule has 100 valence electrons. The number of amides is 1. The molecular formula is C14H21NO3. The van der Waals surface area contributed by atoms with E-state index in [-0.39, 0.29) is 12.5 Å². The van der Waals surface area contributed by atoms with E-state index in [0.717, 1.165) is 5.56 Å². The van der Waals surface area contributed by atoms with Crippen LogP contribution in [0.2, 0.25) is 0 Å². The molecule has 1 aromatic carbocycles. The van der Waals surface area contributed by atoms with Crippen molar-refractivity contribution in [2.45, 2.75) is 40.2 Å². The van der Waals surface area contributed by atoms with Gasteiger partial charge in [-0.05, 0) is 57.9 Å². The molecule has 0 aliphatic heterocycles. The topological polar surface area (TPSA) is 47.6 Å². The highest BCUT2D eigenvalue weighted by atomic mass is 16.7. The van der Waals surface area contributed by atoms with Crippen LogP contribution in [0, 0.1) is 13.8 Å². The third kappa shape index (κ3) is 5.19. The summed E-state index contributed by atoms with van der Waals surface area (Å²) in [5.74, 6) is 0.382. The molecule has 0 radical (unpaired) electrons. The number of ether oxygens (including phenoxy) is 1. The Morgan fingerprint density at radius 1 is 1.22 bits per heavy atom. The number of hydroxylamine groups is 1. The molecule has 0 aliphatic rings. The first-order valence-corrected chi connectivity index (χ1v) is 5.95. The van der Waals surface area contributed by atoms with Gasteiger partial charge in [0, 0.05) is 0 Å². The van der Waals surface area contributed by atoms with Gasteiger partial charge in [-0.3, -0.25) is 9.63 Å². The summed E-state index contributed by atoms with van der Waals surface area (Å²) in [5, 5.41) is 0. The van der Waals surface area contributed by atoms with Crippen molar-refractivity contribution in [2.24, 2.45) is 0 Å². The van der Waals surface area contributed by atoms with Crippen LogP contribution in [0.15, 0.2) is 18.2 Å². The van der Waals surface area contributed by atoms with E-state index in [4.69, 9.17) is 9.57 Å². The maximum absolute atomic E-state index is 11.5. The normalized spacial score (nSPS) is 11.2. The van der Waals surface area contributed by atoms with E-state index in [1.807, 2.05) is 52.8 Å². The van der Waals surface area contributed by atoms with Gasteiger partial charge < -0.3 is 4.74 Å². The monoisotopic (exact) mass is 251 g/mol. The van der Waals surface area contributed by atoms with Crippen molar-refractivity contribution in [3.05, 3.63) is 29.3 Å². The summed E-state index contributed by atoms with van der Waals surface area (Å²) in [6, 6.07) is 5.72. The second-order valence-electron chi connectivity index (χ2n) is 5.27. The van der Waals surface area contributed by atoms with Crippen LogP contribution >= 0.6 is 0 Å². The van der Waals surface area contributed by atoms with E-state index in [1.54, 1.807) is 0 Å². The predicted molar refractivity (Wildman–Crippen MR) is 70.4 cm³/mol. The minimum Gasteiger partial charge on any atom is -0.484 e. The van der Waals surface area contributed by atoms with Gasteiger partial charge in [-0.15, -0.1) is 0 Å². The van der Waals surface area contributed by atoms with Crippen molar-refractivity contribution < 1.29 is 14.4 Å². The van der Waals surface area contributed by atoms with Crippen LogP contribution < -0.4 is 10.2 Å². The van der Waals surface area contributed by atoms with Gasteiger partial charge in [0.25, 0.3) is 5.91 Å². The summed E-state index contributed by atoms with van der Waals surface area (Å²) in [7, 11) is 0. The molecule has 1 rings (SSSR count). The zero-order valence-corrected chi connectivity index (χ0v) is 11.7. The van der Waals surface area contributed by atoms with Gasteiger partial charge in [0.05, 0.1) is 5.60 Å². The lowest BCUT2D eigenvalue weighted by atomic mass is 10.1. The number of nitrogens with one attached hydrogen (secondary N) is 1. The van der Waals surface area contributed by atoms with Crippen molar-refractivity contribution in [1.82, 2.24) is 5.48 Å². The van der Waals surface area contributed by atoms with Gasteiger partial charge in [0.15, 0.2) is 6.61 Å². The zero-order valence-electron chi connectivity index (χ0n) is 11.7.